The number of nitrogens with zero attached hydrogens (tertiary/aromatic N) is 1. The fraction of sp³-hybridized carbons (Fsp3) is 0.143. The molecule has 18 heavy (non-hydrogen) atoms. The Morgan fingerprint density at radius 3 is 2.78 bits per heavy atom. The average Bonchev–Trinajstić information content (AvgIpc) is 2.35. The molecular weight excluding hydrogens is 233 g/mol. The van der Waals surface area contributed by atoms with E-state index in [1.54, 1.807) is 31.2 Å². The summed E-state index contributed by atoms with van der Waals surface area (Å²) >= 11 is 0. The van der Waals surface area contributed by atoms with Gasteiger partial charge in [-0.2, -0.15) is 0 Å². The molecule has 0 aliphatic rings. The standard InChI is InChI=1S/C14H12FNO2/c1-9-5-3-7-12(13(9)15)18-14-11(10(2)17)6-4-8-16-14/h3-8H,1-2H3. The lowest BCUT2D eigenvalue weighted by atomic mass is 10.2. The minimum Gasteiger partial charge on any atom is -0.435 e. The predicted octanol–water partition coefficient (Wildman–Crippen LogP) is 3.52. The van der Waals surface area contributed by atoms with E-state index >= 15 is 0 Å². The molecule has 1 aromatic carbocycles. The Labute approximate surface area is 104 Å². The van der Waals surface area contributed by atoms with Gasteiger partial charge in [0, 0.05) is 6.20 Å². The Morgan fingerprint density at radius 1 is 1.28 bits per heavy atom. The highest BCUT2D eigenvalue weighted by Gasteiger charge is 2.13. The molecule has 0 N–H and O–H groups in total. The molecule has 0 saturated carbocycles. The van der Waals surface area contributed by atoms with Crippen LogP contribution in [0.2, 0.25) is 0 Å². The average molecular weight is 245 g/mol. The maximum absolute atomic E-state index is 13.8. The summed E-state index contributed by atoms with van der Waals surface area (Å²) < 4.78 is 19.2. The summed E-state index contributed by atoms with van der Waals surface area (Å²) in [7, 11) is 0. The molecule has 0 amide bonds. The fourth-order valence-corrected chi connectivity index (χ4v) is 1.54. The van der Waals surface area contributed by atoms with E-state index in [4.69, 9.17) is 4.74 Å². The molecule has 0 saturated heterocycles. The number of pyridine rings is 1. The number of ketones is 1. The van der Waals surface area contributed by atoms with Crippen LogP contribution in [0.4, 0.5) is 4.39 Å². The number of rotatable bonds is 3. The number of aromatic nitrogens is 1. The molecule has 0 spiro atoms. The molecule has 2 rings (SSSR count). The van der Waals surface area contributed by atoms with E-state index in [1.165, 1.54) is 19.2 Å². The Bertz CT molecular complexity index is 596. The van der Waals surface area contributed by atoms with Crippen molar-refractivity contribution >= 4 is 5.78 Å². The lowest BCUT2D eigenvalue weighted by Crippen LogP contribution is -2.00. The second-order valence-electron chi connectivity index (χ2n) is 3.90. The van der Waals surface area contributed by atoms with Gasteiger partial charge in [0.15, 0.2) is 17.3 Å². The molecule has 1 heterocycles. The van der Waals surface area contributed by atoms with Crippen molar-refractivity contribution < 1.29 is 13.9 Å². The zero-order chi connectivity index (χ0) is 13.1. The van der Waals surface area contributed by atoms with E-state index in [2.05, 4.69) is 4.98 Å². The van der Waals surface area contributed by atoms with Gasteiger partial charge < -0.3 is 4.74 Å². The van der Waals surface area contributed by atoms with Crippen molar-refractivity contribution in [1.29, 1.82) is 0 Å². The van der Waals surface area contributed by atoms with Gasteiger partial charge in [-0.05, 0) is 37.6 Å². The lowest BCUT2D eigenvalue weighted by molar-refractivity contribution is 0.101. The summed E-state index contributed by atoms with van der Waals surface area (Å²) in [5, 5.41) is 0. The second-order valence-corrected chi connectivity index (χ2v) is 3.90. The monoisotopic (exact) mass is 245 g/mol. The van der Waals surface area contributed by atoms with Crippen LogP contribution < -0.4 is 4.74 Å². The normalized spacial score (nSPS) is 10.2. The first-order valence-corrected chi connectivity index (χ1v) is 5.48. The first-order valence-electron chi connectivity index (χ1n) is 5.48. The number of benzene rings is 1. The molecular formula is C14H12FNO2. The zero-order valence-corrected chi connectivity index (χ0v) is 10.1. The van der Waals surface area contributed by atoms with E-state index in [0.29, 0.717) is 11.1 Å². The quantitative estimate of drug-likeness (QED) is 0.776. The number of carbonyl (C=O) groups excluding carboxylic acids is 1. The van der Waals surface area contributed by atoms with E-state index in [9.17, 15) is 9.18 Å². The van der Waals surface area contributed by atoms with E-state index in [-0.39, 0.29) is 17.4 Å². The van der Waals surface area contributed by atoms with Crippen LogP contribution in [0, 0.1) is 12.7 Å². The molecule has 4 heteroatoms. The van der Waals surface area contributed by atoms with Gasteiger partial charge in [0.2, 0.25) is 5.88 Å². The highest BCUT2D eigenvalue weighted by molar-refractivity contribution is 5.96. The van der Waals surface area contributed by atoms with Gasteiger partial charge in [0.05, 0.1) is 5.56 Å². The van der Waals surface area contributed by atoms with E-state index in [1.807, 2.05) is 0 Å². The summed E-state index contributed by atoms with van der Waals surface area (Å²) in [5.74, 6) is -0.436. The SMILES string of the molecule is CC(=O)c1cccnc1Oc1cccc(C)c1F. The third-order valence-corrected chi connectivity index (χ3v) is 2.51. The van der Waals surface area contributed by atoms with Gasteiger partial charge in [-0.3, -0.25) is 4.79 Å². The third-order valence-electron chi connectivity index (χ3n) is 2.51. The van der Waals surface area contributed by atoms with E-state index < -0.39 is 5.82 Å². The predicted molar refractivity (Wildman–Crippen MR) is 65.5 cm³/mol. The van der Waals surface area contributed by atoms with Gasteiger partial charge in [0.1, 0.15) is 0 Å². The Morgan fingerprint density at radius 2 is 2.06 bits per heavy atom. The molecule has 0 unspecified atom stereocenters. The summed E-state index contributed by atoms with van der Waals surface area (Å²) in [6, 6.07) is 8.06. The van der Waals surface area contributed by atoms with Crippen molar-refractivity contribution in [2.75, 3.05) is 0 Å². The van der Waals surface area contributed by atoms with Crippen LogP contribution in [-0.2, 0) is 0 Å². The molecule has 0 fully saturated rings. The highest BCUT2D eigenvalue weighted by atomic mass is 19.1. The second kappa shape index (κ2) is 4.96. The van der Waals surface area contributed by atoms with Crippen LogP contribution in [0.5, 0.6) is 11.6 Å². The molecule has 92 valence electrons. The molecule has 0 aliphatic carbocycles. The Hall–Kier alpha value is -2.23. The van der Waals surface area contributed by atoms with Crippen LogP contribution in [-0.4, -0.2) is 10.8 Å². The Kier molecular flexibility index (Phi) is 3.37. The zero-order valence-electron chi connectivity index (χ0n) is 10.1. The van der Waals surface area contributed by atoms with Crippen LogP contribution in [0.3, 0.4) is 0 Å². The van der Waals surface area contributed by atoms with E-state index in [0.717, 1.165) is 0 Å². The number of ether oxygens (including phenoxy) is 1. The number of carbonyl (C=O) groups is 1. The molecule has 2 aromatic rings. The first-order chi connectivity index (χ1) is 8.59. The minimum absolute atomic E-state index is 0.0659. The van der Waals surface area contributed by atoms with Crippen molar-refractivity contribution in [2.24, 2.45) is 0 Å². The number of hydrogen-bond acceptors (Lipinski definition) is 3. The van der Waals surface area contributed by atoms with Crippen LogP contribution in [0.25, 0.3) is 0 Å². The summed E-state index contributed by atoms with van der Waals surface area (Å²) in [6.07, 6.45) is 1.50. The molecule has 3 nitrogen and oxygen atoms in total. The molecule has 0 aliphatic heterocycles. The molecule has 0 bridgehead atoms. The van der Waals surface area contributed by atoms with Gasteiger partial charge in [-0.15, -0.1) is 0 Å². The van der Waals surface area contributed by atoms with Gasteiger partial charge in [0.25, 0.3) is 0 Å². The molecule has 0 atom stereocenters. The molecule has 0 radical (unpaired) electrons. The van der Waals surface area contributed by atoms with Crippen molar-refractivity contribution in [3.63, 3.8) is 0 Å². The smallest absolute Gasteiger partial charge is 0.230 e. The van der Waals surface area contributed by atoms with Crippen molar-refractivity contribution in [3.8, 4) is 11.6 Å². The van der Waals surface area contributed by atoms with Crippen LogP contribution >= 0.6 is 0 Å². The number of hydrogen-bond donors (Lipinski definition) is 0. The third kappa shape index (κ3) is 2.37. The summed E-state index contributed by atoms with van der Waals surface area (Å²) in [5.41, 5.74) is 0.811. The number of aryl methyl sites for hydroxylation is 1. The minimum atomic E-state index is -0.447. The largest absolute Gasteiger partial charge is 0.435 e. The summed E-state index contributed by atoms with van der Waals surface area (Å²) in [4.78, 5) is 15.4. The maximum atomic E-state index is 13.8. The van der Waals surface area contributed by atoms with Crippen LogP contribution in [0.1, 0.15) is 22.8 Å². The van der Waals surface area contributed by atoms with Gasteiger partial charge >= 0.3 is 0 Å². The number of halogens is 1. The lowest BCUT2D eigenvalue weighted by Gasteiger charge is -2.09. The first kappa shape index (κ1) is 12.2. The van der Waals surface area contributed by atoms with Gasteiger partial charge in [-0.25, -0.2) is 9.37 Å². The topological polar surface area (TPSA) is 39.2 Å². The van der Waals surface area contributed by atoms with Crippen molar-refractivity contribution in [1.82, 2.24) is 4.98 Å². The van der Waals surface area contributed by atoms with Crippen molar-refractivity contribution in [2.45, 2.75) is 13.8 Å². The summed E-state index contributed by atoms with van der Waals surface area (Å²) in [6.45, 7) is 3.06. The van der Waals surface area contributed by atoms with Crippen LogP contribution in [0.15, 0.2) is 36.5 Å². The van der Waals surface area contributed by atoms with Crippen molar-refractivity contribution in [3.05, 3.63) is 53.5 Å². The number of Topliss-reactive ketones (excluding diaryl/α,β-unsaturated/α-hetero) is 1. The Balaban J connectivity index is 2.40. The maximum Gasteiger partial charge on any atom is 0.230 e. The fourth-order valence-electron chi connectivity index (χ4n) is 1.54. The molecule has 1 aromatic heterocycles. The van der Waals surface area contributed by atoms with Gasteiger partial charge in [-0.1, -0.05) is 12.1 Å². The highest BCUT2D eigenvalue weighted by Crippen LogP contribution is 2.27.